The van der Waals surface area contributed by atoms with Crippen LogP contribution in [0.1, 0.15) is 40.8 Å². The fraction of sp³-hybridized carbons (Fsp3) is 0.562. The Hall–Kier alpha value is -2.09. The quantitative estimate of drug-likeness (QED) is 0.842. The van der Waals surface area contributed by atoms with Crippen LogP contribution >= 0.6 is 11.5 Å². The molecule has 0 radical (unpaired) electrons. The summed E-state index contributed by atoms with van der Waals surface area (Å²) in [7, 11) is 2.05. The van der Waals surface area contributed by atoms with E-state index in [2.05, 4.69) is 24.7 Å². The van der Waals surface area contributed by atoms with Gasteiger partial charge in [-0.2, -0.15) is 5.10 Å². The molecule has 8 heteroatoms. The monoisotopic (exact) mass is 346 g/mol. The molecule has 0 aromatic carbocycles. The molecule has 3 heterocycles. The number of aryl methyl sites for hydroxylation is 2. The number of carbonyl (C=O) groups excluding carboxylic acids is 1. The van der Waals surface area contributed by atoms with Crippen molar-refractivity contribution < 1.29 is 4.79 Å². The number of carbonyl (C=O) groups is 1. The number of likely N-dealkylation sites (tertiary alicyclic amines) is 1. The van der Waals surface area contributed by atoms with E-state index in [-0.39, 0.29) is 5.91 Å². The Morgan fingerprint density at radius 1 is 1.29 bits per heavy atom. The summed E-state index contributed by atoms with van der Waals surface area (Å²) in [5.41, 5.74) is 1.72. The molecule has 1 fully saturated rings. The molecule has 0 saturated carbocycles. The molecular weight excluding hydrogens is 324 g/mol. The van der Waals surface area contributed by atoms with E-state index in [1.807, 2.05) is 37.9 Å². The van der Waals surface area contributed by atoms with Crippen molar-refractivity contribution in [2.75, 3.05) is 25.0 Å². The van der Waals surface area contributed by atoms with E-state index >= 15 is 0 Å². The van der Waals surface area contributed by atoms with Crippen LogP contribution in [0.4, 0.5) is 5.82 Å². The van der Waals surface area contributed by atoms with Gasteiger partial charge in [-0.1, -0.05) is 11.4 Å². The fourth-order valence-electron chi connectivity index (χ4n) is 2.97. The second-order valence-electron chi connectivity index (χ2n) is 6.07. The maximum atomic E-state index is 12.6. The van der Waals surface area contributed by atoms with Crippen LogP contribution < -0.4 is 4.90 Å². The molecule has 1 amide bonds. The van der Waals surface area contributed by atoms with Gasteiger partial charge in [0.2, 0.25) is 0 Å². The van der Waals surface area contributed by atoms with Crippen LogP contribution in [0.25, 0.3) is 0 Å². The van der Waals surface area contributed by atoms with Gasteiger partial charge in [0.1, 0.15) is 4.88 Å². The second kappa shape index (κ2) is 7.21. The zero-order valence-electron chi connectivity index (χ0n) is 14.3. The fourth-order valence-corrected chi connectivity index (χ4v) is 3.69. The molecule has 0 aliphatic carbocycles. The van der Waals surface area contributed by atoms with Gasteiger partial charge in [-0.25, -0.2) is 0 Å². The van der Waals surface area contributed by atoms with Gasteiger partial charge >= 0.3 is 0 Å². The molecule has 7 nitrogen and oxygen atoms in total. The molecule has 0 bridgehead atoms. The van der Waals surface area contributed by atoms with Crippen molar-refractivity contribution >= 4 is 23.3 Å². The summed E-state index contributed by atoms with van der Waals surface area (Å²) in [6.45, 7) is 5.42. The van der Waals surface area contributed by atoms with Crippen LogP contribution in [-0.2, 0) is 6.42 Å². The van der Waals surface area contributed by atoms with Crippen molar-refractivity contribution in [2.24, 2.45) is 0 Å². The number of aromatic nitrogens is 4. The van der Waals surface area contributed by atoms with E-state index < -0.39 is 0 Å². The smallest absolute Gasteiger partial charge is 0.267 e. The van der Waals surface area contributed by atoms with Crippen molar-refractivity contribution in [3.8, 4) is 0 Å². The lowest BCUT2D eigenvalue weighted by molar-refractivity contribution is 0.0717. The van der Waals surface area contributed by atoms with Gasteiger partial charge in [0.25, 0.3) is 5.91 Å². The number of piperidine rings is 1. The van der Waals surface area contributed by atoms with Crippen LogP contribution in [0.5, 0.6) is 0 Å². The Bertz CT molecular complexity index is 693. The summed E-state index contributed by atoms with van der Waals surface area (Å²) in [4.78, 5) is 17.4. The number of anilines is 1. The lowest BCUT2D eigenvalue weighted by Crippen LogP contribution is -2.46. The Balaban J connectivity index is 1.61. The van der Waals surface area contributed by atoms with Crippen molar-refractivity contribution in [2.45, 2.75) is 39.2 Å². The molecule has 3 rings (SSSR count). The molecule has 1 aliphatic rings. The summed E-state index contributed by atoms with van der Waals surface area (Å²) >= 11 is 1.20. The lowest BCUT2D eigenvalue weighted by Gasteiger charge is -2.37. The first kappa shape index (κ1) is 16.8. The molecule has 0 spiro atoms. The minimum absolute atomic E-state index is 0.0677. The highest BCUT2D eigenvalue weighted by molar-refractivity contribution is 7.08. The number of rotatable bonds is 4. The highest BCUT2D eigenvalue weighted by atomic mass is 32.1. The van der Waals surface area contributed by atoms with E-state index in [0.717, 1.165) is 49.6 Å². The number of amides is 1. The summed E-state index contributed by atoms with van der Waals surface area (Å²) in [6.07, 6.45) is 2.58. The van der Waals surface area contributed by atoms with E-state index in [1.54, 1.807) is 0 Å². The van der Waals surface area contributed by atoms with Crippen molar-refractivity contribution in [3.05, 3.63) is 28.4 Å². The Morgan fingerprint density at radius 3 is 2.67 bits per heavy atom. The van der Waals surface area contributed by atoms with Gasteiger partial charge in [-0.3, -0.25) is 4.79 Å². The molecule has 2 aromatic rings. The van der Waals surface area contributed by atoms with Gasteiger partial charge in [-0.15, -0.1) is 10.2 Å². The standard InChI is InChI=1S/C16H22N6OS/c1-4-13-15(24-20-18-13)16(23)22-9-7-12(8-10-22)21(3)14-6-5-11(2)17-19-14/h5-6,12H,4,7-10H2,1-3H3. The van der Waals surface area contributed by atoms with E-state index in [1.165, 1.54) is 11.5 Å². The average molecular weight is 346 g/mol. The number of nitrogens with zero attached hydrogens (tertiary/aromatic N) is 6. The molecule has 24 heavy (non-hydrogen) atoms. The van der Waals surface area contributed by atoms with Crippen LogP contribution in [0.15, 0.2) is 12.1 Å². The van der Waals surface area contributed by atoms with Crippen LogP contribution in [0.2, 0.25) is 0 Å². The third-order valence-electron chi connectivity index (χ3n) is 4.53. The van der Waals surface area contributed by atoms with E-state index in [4.69, 9.17) is 0 Å². The highest BCUT2D eigenvalue weighted by Crippen LogP contribution is 2.22. The topological polar surface area (TPSA) is 75.1 Å². The van der Waals surface area contributed by atoms with Crippen molar-refractivity contribution in [1.29, 1.82) is 0 Å². The van der Waals surface area contributed by atoms with Crippen LogP contribution in [-0.4, -0.2) is 56.8 Å². The molecular formula is C16H22N6OS. The minimum Gasteiger partial charge on any atom is -0.355 e. The predicted octanol–water partition coefficient (Wildman–Crippen LogP) is 1.94. The van der Waals surface area contributed by atoms with E-state index in [0.29, 0.717) is 10.9 Å². The van der Waals surface area contributed by atoms with Crippen molar-refractivity contribution in [3.63, 3.8) is 0 Å². The van der Waals surface area contributed by atoms with E-state index in [9.17, 15) is 4.79 Å². The third kappa shape index (κ3) is 3.38. The first-order valence-electron chi connectivity index (χ1n) is 8.23. The summed E-state index contributed by atoms with van der Waals surface area (Å²) in [5.74, 6) is 0.948. The Labute approximate surface area is 145 Å². The minimum atomic E-state index is 0.0677. The summed E-state index contributed by atoms with van der Waals surface area (Å²) in [5, 5.41) is 12.4. The normalized spacial score (nSPS) is 15.5. The maximum Gasteiger partial charge on any atom is 0.267 e. The Morgan fingerprint density at radius 2 is 2.04 bits per heavy atom. The second-order valence-corrected chi connectivity index (χ2v) is 6.82. The SMILES string of the molecule is CCc1nnsc1C(=O)N1CCC(N(C)c2ccc(C)nn2)CC1. The molecule has 0 unspecified atom stereocenters. The highest BCUT2D eigenvalue weighted by Gasteiger charge is 2.28. The van der Waals surface area contributed by atoms with Crippen LogP contribution in [0, 0.1) is 6.92 Å². The maximum absolute atomic E-state index is 12.6. The zero-order chi connectivity index (χ0) is 17.1. The molecule has 1 aliphatic heterocycles. The third-order valence-corrected chi connectivity index (χ3v) is 5.29. The first-order valence-corrected chi connectivity index (χ1v) is 9.01. The van der Waals surface area contributed by atoms with Gasteiger partial charge < -0.3 is 9.80 Å². The largest absolute Gasteiger partial charge is 0.355 e. The zero-order valence-corrected chi connectivity index (χ0v) is 15.1. The predicted molar refractivity (Wildman–Crippen MR) is 93.4 cm³/mol. The molecule has 0 atom stereocenters. The van der Waals surface area contributed by atoms with Crippen molar-refractivity contribution in [1.82, 2.24) is 24.7 Å². The molecule has 0 N–H and O–H groups in total. The van der Waals surface area contributed by atoms with Gasteiger partial charge in [0.05, 0.1) is 11.4 Å². The molecule has 2 aromatic heterocycles. The van der Waals surface area contributed by atoms with Gasteiger partial charge in [0.15, 0.2) is 5.82 Å². The summed E-state index contributed by atoms with van der Waals surface area (Å²) < 4.78 is 3.92. The molecule has 1 saturated heterocycles. The number of hydrogen-bond donors (Lipinski definition) is 0. The number of hydrogen-bond acceptors (Lipinski definition) is 7. The lowest BCUT2D eigenvalue weighted by atomic mass is 10.0. The first-order chi connectivity index (χ1) is 11.6. The average Bonchev–Trinajstić information content (AvgIpc) is 3.10. The van der Waals surface area contributed by atoms with Crippen LogP contribution in [0.3, 0.4) is 0 Å². The summed E-state index contributed by atoms with van der Waals surface area (Å²) in [6, 6.07) is 4.34. The van der Waals surface area contributed by atoms with Gasteiger partial charge in [0, 0.05) is 26.2 Å². The van der Waals surface area contributed by atoms with Gasteiger partial charge in [-0.05, 0) is 49.9 Å². The Kier molecular flexibility index (Phi) is 5.03. The molecule has 128 valence electrons.